The van der Waals surface area contributed by atoms with E-state index in [1.54, 1.807) is 0 Å². The molecule has 1 heterocycles. The lowest BCUT2D eigenvalue weighted by atomic mass is 10.1. The zero-order chi connectivity index (χ0) is 12.0. The maximum Gasteiger partial charge on any atom is 0.272 e. The number of hydrogen-bond acceptors (Lipinski definition) is 2. The third-order valence-electron chi connectivity index (χ3n) is 2.70. The van der Waals surface area contributed by atoms with Gasteiger partial charge in [-0.25, -0.2) is 0 Å². The van der Waals surface area contributed by atoms with Gasteiger partial charge in [0, 0.05) is 12.6 Å². The maximum atomic E-state index is 11.4. The number of amides is 2. The van der Waals surface area contributed by atoms with Crippen LogP contribution in [0.2, 0.25) is 0 Å². The highest BCUT2D eigenvalue weighted by molar-refractivity contribution is 6.46. The third-order valence-corrected chi connectivity index (χ3v) is 2.97. The molecule has 16 heavy (non-hydrogen) atoms. The highest BCUT2D eigenvalue weighted by Gasteiger charge is 2.28. The fourth-order valence-corrected chi connectivity index (χ4v) is 1.93. The molecule has 0 radical (unpaired) electrons. The summed E-state index contributed by atoms with van der Waals surface area (Å²) in [7, 11) is 0. The van der Waals surface area contributed by atoms with Crippen LogP contribution >= 0.6 is 11.6 Å². The van der Waals surface area contributed by atoms with E-state index < -0.39 is 0 Å². The molecular formula is C12H18ClNO2. The standard InChI is InChI=1S/C12H18ClNO2/c1-2-3-4-5-6-7-8-14-11(15)9-10(13)12(14)16/h9H,2-8H2,1H3. The second-order valence-electron chi connectivity index (χ2n) is 4.06. The largest absolute Gasteiger partial charge is 0.274 e. The average Bonchev–Trinajstić information content (AvgIpc) is 2.49. The Hall–Kier alpha value is -0.830. The number of nitrogens with zero attached hydrogens (tertiary/aromatic N) is 1. The monoisotopic (exact) mass is 243 g/mol. The van der Waals surface area contributed by atoms with E-state index in [0.717, 1.165) is 12.8 Å². The smallest absolute Gasteiger partial charge is 0.272 e. The Kier molecular flexibility index (Phi) is 5.53. The van der Waals surface area contributed by atoms with E-state index >= 15 is 0 Å². The van der Waals surface area contributed by atoms with Crippen LogP contribution in [-0.2, 0) is 9.59 Å². The zero-order valence-electron chi connectivity index (χ0n) is 9.67. The number of rotatable bonds is 7. The molecule has 1 aliphatic heterocycles. The van der Waals surface area contributed by atoms with Crippen LogP contribution in [0.1, 0.15) is 45.4 Å². The van der Waals surface area contributed by atoms with Crippen LogP contribution in [0.3, 0.4) is 0 Å². The number of carbonyl (C=O) groups is 2. The zero-order valence-corrected chi connectivity index (χ0v) is 10.4. The lowest BCUT2D eigenvalue weighted by Gasteiger charge is -2.13. The van der Waals surface area contributed by atoms with E-state index in [4.69, 9.17) is 11.6 Å². The Bertz CT molecular complexity index is 299. The predicted molar refractivity (Wildman–Crippen MR) is 64.0 cm³/mol. The van der Waals surface area contributed by atoms with Crippen molar-refractivity contribution >= 4 is 23.4 Å². The number of imide groups is 1. The molecule has 0 saturated carbocycles. The number of carbonyl (C=O) groups excluding carboxylic acids is 2. The minimum absolute atomic E-state index is 0.0379. The van der Waals surface area contributed by atoms with Crippen molar-refractivity contribution in [3.8, 4) is 0 Å². The summed E-state index contributed by atoms with van der Waals surface area (Å²) >= 11 is 5.58. The van der Waals surface area contributed by atoms with Crippen molar-refractivity contribution < 1.29 is 9.59 Å². The van der Waals surface area contributed by atoms with Crippen molar-refractivity contribution in [1.82, 2.24) is 4.90 Å². The van der Waals surface area contributed by atoms with Gasteiger partial charge in [0.15, 0.2) is 0 Å². The van der Waals surface area contributed by atoms with Crippen molar-refractivity contribution in [1.29, 1.82) is 0 Å². The van der Waals surface area contributed by atoms with E-state index in [2.05, 4.69) is 6.92 Å². The molecule has 0 N–H and O–H groups in total. The van der Waals surface area contributed by atoms with Crippen LogP contribution in [0, 0.1) is 0 Å². The van der Waals surface area contributed by atoms with Gasteiger partial charge in [0.05, 0.1) is 0 Å². The van der Waals surface area contributed by atoms with Crippen LogP contribution in [0.4, 0.5) is 0 Å². The van der Waals surface area contributed by atoms with E-state index in [0.29, 0.717) is 6.54 Å². The molecule has 0 atom stereocenters. The molecule has 0 aromatic carbocycles. The van der Waals surface area contributed by atoms with Gasteiger partial charge in [-0.15, -0.1) is 0 Å². The van der Waals surface area contributed by atoms with Gasteiger partial charge in [-0.2, -0.15) is 0 Å². The average molecular weight is 244 g/mol. The van der Waals surface area contributed by atoms with Crippen molar-refractivity contribution in [2.24, 2.45) is 0 Å². The summed E-state index contributed by atoms with van der Waals surface area (Å²) in [6, 6.07) is 0. The molecular weight excluding hydrogens is 226 g/mol. The van der Waals surface area contributed by atoms with E-state index in [-0.39, 0.29) is 16.8 Å². The molecule has 0 bridgehead atoms. The van der Waals surface area contributed by atoms with Crippen LogP contribution in [-0.4, -0.2) is 23.3 Å². The van der Waals surface area contributed by atoms with Gasteiger partial charge in [-0.05, 0) is 6.42 Å². The summed E-state index contributed by atoms with van der Waals surface area (Å²) in [6.45, 7) is 2.67. The molecule has 0 aromatic rings. The summed E-state index contributed by atoms with van der Waals surface area (Å²) in [5, 5.41) is 0.0379. The molecule has 1 rings (SSSR count). The summed E-state index contributed by atoms with van der Waals surface area (Å²) in [6.07, 6.45) is 8.02. The minimum Gasteiger partial charge on any atom is -0.274 e. The molecule has 0 aliphatic carbocycles. The van der Waals surface area contributed by atoms with Crippen LogP contribution in [0.15, 0.2) is 11.1 Å². The quantitative estimate of drug-likeness (QED) is 0.509. The van der Waals surface area contributed by atoms with E-state index in [9.17, 15) is 9.59 Å². The van der Waals surface area contributed by atoms with Crippen molar-refractivity contribution in [2.75, 3.05) is 6.54 Å². The van der Waals surface area contributed by atoms with E-state index in [1.807, 2.05) is 0 Å². The first-order valence-corrected chi connectivity index (χ1v) is 6.27. The summed E-state index contributed by atoms with van der Waals surface area (Å²) in [5.74, 6) is -0.621. The minimum atomic E-state index is -0.347. The lowest BCUT2D eigenvalue weighted by molar-refractivity contribution is -0.137. The molecule has 0 fully saturated rings. The van der Waals surface area contributed by atoms with Gasteiger partial charge < -0.3 is 0 Å². The Balaban J connectivity index is 2.15. The summed E-state index contributed by atoms with van der Waals surface area (Å²) < 4.78 is 0. The third kappa shape index (κ3) is 3.63. The Morgan fingerprint density at radius 3 is 2.31 bits per heavy atom. The Morgan fingerprint density at radius 1 is 1.12 bits per heavy atom. The van der Waals surface area contributed by atoms with Crippen molar-refractivity contribution in [3.63, 3.8) is 0 Å². The lowest BCUT2D eigenvalue weighted by Crippen LogP contribution is -2.31. The highest BCUT2D eigenvalue weighted by atomic mass is 35.5. The van der Waals surface area contributed by atoms with Gasteiger partial charge in [0.25, 0.3) is 11.8 Å². The molecule has 0 saturated heterocycles. The molecule has 90 valence electrons. The fourth-order valence-electron chi connectivity index (χ4n) is 1.74. The van der Waals surface area contributed by atoms with Crippen molar-refractivity contribution in [2.45, 2.75) is 45.4 Å². The Labute approximate surface area is 101 Å². The number of hydrogen-bond donors (Lipinski definition) is 0. The molecule has 0 spiro atoms. The van der Waals surface area contributed by atoms with Gasteiger partial charge in [0.2, 0.25) is 0 Å². The van der Waals surface area contributed by atoms with Gasteiger partial charge in [-0.3, -0.25) is 14.5 Å². The fraction of sp³-hybridized carbons (Fsp3) is 0.667. The maximum absolute atomic E-state index is 11.4. The molecule has 0 aromatic heterocycles. The Morgan fingerprint density at radius 2 is 1.75 bits per heavy atom. The number of unbranched alkanes of at least 4 members (excludes halogenated alkanes) is 5. The van der Waals surface area contributed by atoms with Gasteiger partial charge in [0.1, 0.15) is 5.03 Å². The summed E-state index contributed by atoms with van der Waals surface area (Å²) in [5.41, 5.74) is 0. The molecule has 0 unspecified atom stereocenters. The number of halogens is 1. The van der Waals surface area contributed by atoms with Crippen molar-refractivity contribution in [3.05, 3.63) is 11.1 Å². The SMILES string of the molecule is CCCCCCCCN1C(=O)C=C(Cl)C1=O. The topological polar surface area (TPSA) is 37.4 Å². The van der Waals surface area contributed by atoms with Gasteiger partial charge >= 0.3 is 0 Å². The summed E-state index contributed by atoms with van der Waals surface area (Å²) in [4.78, 5) is 23.9. The predicted octanol–water partition coefficient (Wildman–Crippen LogP) is 2.84. The second kappa shape index (κ2) is 6.69. The first-order chi connectivity index (χ1) is 7.66. The highest BCUT2D eigenvalue weighted by Crippen LogP contribution is 2.17. The first kappa shape index (κ1) is 13.2. The van der Waals surface area contributed by atoms with Crippen LogP contribution in [0.25, 0.3) is 0 Å². The van der Waals surface area contributed by atoms with Crippen LogP contribution < -0.4 is 0 Å². The molecule has 4 heteroatoms. The normalized spacial score (nSPS) is 15.9. The molecule has 1 aliphatic rings. The first-order valence-electron chi connectivity index (χ1n) is 5.90. The molecule has 3 nitrogen and oxygen atoms in total. The van der Waals surface area contributed by atoms with E-state index in [1.165, 1.54) is 36.7 Å². The molecule has 2 amide bonds. The second-order valence-corrected chi connectivity index (χ2v) is 4.46. The van der Waals surface area contributed by atoms with Crippen LogP contribution in [0.5, 0.6) is 0 Å². The van der Waals surface area contributed by atoms with Gasteiger partial charge in [-0.1, -0.05) is 50.6 Å².